The van der Waals surface area contributed by atoms with Gasteiger partial charge in [-0.2, -0.15) is 9.20 Å². The van der Waals surface area contributed by atoms with Crippen LogP contribution in [0.4, 0.5) is 5.95 Å². The predicted octanol–water partition coefficient (Wildman–Crippen LogP) is 0.0265. The first-order chi connectivity index (χ1) is 5.68. The predicted molar refractivity (Wildman–Crippen MR) is 45.8 cm³/mol. The summed E-state index contributed by atoms with van der Waals surface area (Å²) in [7, 11) is 0. The normalized spacial score (nSPS) is 14.3. The van der Waals surface area contributed by atoms with E-state index in [1.54, 1.807) is 6.92 Å². The monoisotopic (exact) mass is 186 g/mol. The minimum Gasteiger partial charge on any atom is -0.334 e. The van der Waals surface area contributed by atoms with Crippen LogP contribution in [-0.2, 0) is 0 Å². The molecule has 1 aromatic rings. The molecule has 0 fully saturated rings. The molecule has 1 aromatic heterocycles. The van der Waals surface area contributed by atoms with Crippen LogP contribution >= 0.6 is 11.8 Å². The lowest BCUT2D eigenvalue weighted by Crippen LogP contribution is -2.30. The Bertz CT molecular complexity index is 374. The van der Waals surface area contributed by atoms with Crippen molar-refractivity contribution in [2.45, 2.75) is 6.92 Å². The first kappa shape index (κ1) is 7.42. The van der Waals surface area contributed by atoms with E-state index in [-0.39, 0.29) is 5.56 Å². The number of halogens is 1. The summed E-state index contributed by atoms with van der Waals surface area (Å²) in [6.07, 6.45) is 0. The molecule has 1 aliphatic rings. The number of aromatic nitrogens is 2. The van der Waals surface area contributed by atoms with Crippen molar-refractivity contribution in [3.8, 4) is 0 Å². The summed E-state index contributed by atoms with van der Waals surface area (Å²) in [5, 5.41) is 2.88. The number of hydrogen-bond donors (Lipinski definition) is 1. The summed E-state index contributed by atoms with van der Waals surface area (Å²) in [6, 6.07) is 1.44. The van der Waals surface area contributed by atoms with Crippen molar-refractivity contribution in [3.05, 3.63) is 22.1 Å². The van der Waals surface area contributed by atoms with E-state index in [4.69, 9.17) is 11.8 Å². The zero-order valence-corrected chi connectivity index (χ0v) is 7.17. The van der Waals surface area contributed by atoms with E-state index in [0.29, 0.717) is 18.3 Å². The van der Waals surface area contributed by atoms with Crippen LogP contribution in [0.3, 0.4) is 0 Å². The second-order valence-corrected chi connectivity index (χ2v) is 2.93. The van der Waals surface area contributed by atoms with Crippen LogP contribution in [0.25, 0.3) is 0 Å². The van der Waals surface area contributed by atoms with E-state index in [2.05, 4.69) is 10.3 Å². The molecule has 0 atom stereocenters. The van der Waals surface area contributed by atoms with Gasteiger partial charge in [0.25, 0.3) is 5.56 Å². The largest absolute Gasteiger partial charge is 0.334 e. The number of rotatable bonds is 0. The Morgan fingerprint density at radius 3 is 3.25 bits per heavy atom. The SMILES string of the molecule is Cc1cc(=O)n2c(n1)NCN2Cl. The molecule has 0 amide bonds. The topological polar surface area (TPSA) is 50.2 Å². The Morgan fingerprint density at radius 1 is 1.75 bits per heavy atom. The second kappa shape index (κ2) is 2.38. The van der Waals surface area contributed by atoms with Gasteiger partial charge in [0, 0.05) is 23.5 Å². The van der Waals surface area contributed by atoms with Crippen molar-refractivity contribution in [3.63, 3.8) is 0 Å². The molecule has 6 heteroatoms. The molecular formula is C6H7ClN4O. The average molecular weight is 187 g/mol. The van der Waals surface area contributed by atoms with Gasteiger partial charge < -0.3 is 5.32 Å². The van der Waals surface area contributed by atoms with Gasteiger partial charge in [-0.1, -0.05) is 0 Å². The Balaban J connectivity index is 2.69. The maximum Gasteiger partial charge on any atom is 0.275 e. The number of anilines is 1. The molecule has 0 aromatic carbocycles. The summed E-state index contributed by atoms with van der Waals surface area (Å²) < 4.78 is 2.54. The molecule has 2 heterocycles. The highest BCUT2D eigenvalue weighted by Gasteiger charge is 2.18. The lowest BCUT2D eigenvalue weighted by Gasteiger charge is -2.07. The van der Waals surface area contributed by atoms with E-state index in [9.17, 15) is 4.79 Å². The molecule has 5 nitrogen and oxygen atoms in total. The van der Waals surface area contributed by atoms with Crippen LogP contribution in [-0.4, -0.2) is 16.3 Å². The summed E-state index contributed by atoms with van der Waals surface area (Å²) >= 11 is 5.69. The molecule has 0 saturated heterocycles. The van der Waals surface area contributed by atoms with Crippen molar-refractivity contribution >= 4 is 17.7 Å². The lowest BCUT2D eigenvalue weighted by molar-refractivity contribution is 0.795. The fraction of sp³-hybridized carbons (Fsp3) is 0.333. The first-order valence-corrected chi connectivity index (χ1v) is 3.80. The molecule has 0 aliphatic carbocycles. The van der Waals surface area contributed by atoms with E-state index in [1.807, 2.05) is 0 Å². The number of nitrogens with one attached hydrogen (secondary N) is 1. The van der Waals surface area contributed by atoms with Crippen molar-refractivity contribution in [1.29, 1.82) is 0 Å². The number of aryl methyl sites for hydroxylation is 1. The maximum absolute atomic E-state index is 11.3. The number of nitrogens with zero attached hydrogens (tertiary/aromatic N) is 3. The molecule has 0 bridgehead atoms. The van der Waals surface area contributed by atoms with Gasteiger partial charge in [0.05, 0.1) is 0 Å². The van der Waals surface area contributed by atoms with Gasteiger partial charge in [0.2, 0.25) is 5.95 Å². The average Bonchev–Trinajstić information content (AvgIpc) is 2.31. The van der Waals surface area contributed by atoms with Gasteiger partial charge in [-0.05, 0) is 6.92 Å². The standard InChI is InChI=1S/C6H7ClN4O/c1-4-2-5(12)11-6(9-4)8-3-10(11)7/h2H,3H2,1H3,(H,8,9). The Morgan fingerprint density at radius 2 is 2.50 bits per heavy atom. The van der Waals surface area contributed by atoms with Crippen LogP contribution in [0.15, 0.2) is 10.9 Å². The third-order valence-electron chi connectivity index (χ3n) is 1.61. The summed E-state index contributed by atoms with van der Waals surface area (Å²) in [4.78, 5) is 15.4. The number of fused-ring (bicyclic) bond motifs is 1. The molecule has 1 aliphatic heterocycles. The van der Waals surface area contributed by atoms with Gasteiger partial charge in [-0.15, -0.1) is 0 Å². The molecule has 0 saturated carbocycles. The van der Waals surface area contributed by atoms with Crippen LogP contribution in [0.1, 0.15) is 5.69 Å². The van der Waals surface area contributed by atoms with Crippen LogP contribution in [0.5, 0.6) is 0 Å². The van der Waals surface area contributed by atoms with Crippen molar-refractivity contribution in [2.24, 2.45) is 0 Å². The maximum atomic E-state index is 11.3. The zero-order valence-electron chi connectivity index (χ0n) is 6.41. The van der Waals surface area contributed by atoms with Crippen LogP contribution in [0, 0.1) is 6.92 Å². The fourth-order valence-corrected chi connectivity index (χ4v) is 1.33. The highest BCUT2D eigenvalue weighted by molar-refractivity contribution is 6.22. The quantitative estimate of drug-likeness (QED) is 0.581. The minimum atomic E-state index is -0.169. The van der Waals surface area contributed by atoms with E-state index < -0.39 is 0 Å². The third-order valence-corrected chi connectivity index (χ3v) is 1.88. The summed E-state index contributed by atoms with van der Waals surface area (Å²) in [5.41, 5.74) is 0.517. The molecule has 0 spiro atoms. The lowest BCUT2D eigenvalue weighted by atomic mass is 10.4. The number of hydrogen-bond acceptors (Lipinski definition) is 4. The molecule has 2 rings (SSSR count). The highest BCUT2D eigenvalue weighted by Crippen LogP contribution is 2.10. The summed E-state index contributed by atoms with van der Waals surface area (Å²) in [6.45, 7) is 2.16. The van der Waals surface area contributed by atoms with Gasteiger partial charge >= 0.3 is 0 Å². The smallest absolute Gasteiger partial charge is 0.275 e. The molecule has 0 radical (unpaired) electrons. The van der Waals surface area contributed by atoms with Gasteiger partial charge in [-0.25, -0.2) is 4.98 Å². The Hall–Kier alpha value is -1.23. The van der Waals surface area contributed by atoms with Gasteiger partial charge in [0.15, 0.2) is 0 Å². The van der Waals surface area contributed by atoms with E-state index in [0.717, 1.165) is 0 Å². The molecule has 1 N–H and O–H groups in total. The van der Waals surface area contributed by atoms with Gasteiger partial charge in [-0.3, -0.25) is 4.79 Å². The first-order valence-electron chi connectivity index (χ1n) is 3.46. The molecule has 0 unspecified atom stereocenters. The minimum absolute atomic E-state index is 0.169. The van der Waals surface area contributed by atoms with Crippen molar-refractivity contribution < 1.29 is 0 Å². The van der Waals surface area contributed by atoms with E-state index in [1.165, 1.54) is 15.3 Å². The highest BCUT2D eigenvalue weighted by atomic mass is 35.5. The van der Waals surface area contributed by atoms with Crippen LogP contribution in [0.2, 0.25) is 0 Å². The van der Waals surface area contributed by atoms with E-state index >= 15 is 0 Å². The zero-order chi connectivity index (χ0) is 8.72. The Labute approximate surface area is 73.7 Å². The molecular weight excluding hydrogens is 180 g/mol. The summed E-state index contributed by atoms with van der Waals surface area (Å²) in [5.74, 6) is 0.495. The molecule has 12 heavy (non-hydrogen) atoms. The Kier molecular flexibility index (Phi) is 1.47. The van der Waals surface area contributed by atoms with Crippen molar-refractivity contribution in [2.75, 3.05) is 16.5 Å². The van der Waals surface area contributed by atoms with Crippen molar-refractivity contribution in [1.82, 2.24) is 9.66 Å². The van der Waals surface area contributed by atoms with Gasteiger partial charge in [0.1, 0.15) is 6.67 Å². The fourth-order valence-electron chi connectivity index (χ4n) is 1.12. The van der Waals surface area contributed by atoms with Crippen LogP contribution < -0.4 is 15.4 Å². The second-order valence-electron chi connectivity index (χ2n) is 2.54. The third kappa shape index (κ3) is 0.937. The molecule has 64 valence electrons.